The molecular weight excluding hydrogens is 570 g/mol. The molecule has 4 amide bonds. The Hall–Kier alpha value is -4.27. The number of fused-ring (bicyclic) bond motifs is 2. The summed E-state index contributed by atoms with van der Waals surface area (Å²) in [4.78, 5) is 58.0. The Kier molecular flexibility index (Phi) is 11.9. The van der Waals surface area contributed by atoms with Gasteiger partial charge in [-0.1, -0.05) is 19.1 Å². The number of hydrazine groups is 1. The van der Waals surface area contributed by atoms with E-state index in [4.69, 9.17) is 0 Å². The highest BCUT2D eigenvalue weighted by Crippen LogP contribution is 2.44. The molecule has 1 unspecified atom stereocenters. The van der Waals surface area contributed by atoms with E-state index < -0.39 is 11.5 Å². The van der Waals surface area contributed by atoms with Crippen molar-refractivity contribution in [1.82, 2.24) is 30.9 Å². The summed E-state index contributed by atoms with van der Waals surface area (Å²) in [5.74, 6) is -0.758. The standard InChI is InChI=1S/C34H47N7O4/c1-9-16-41(23(3)20-35)30(42)21-37-22(2)19-34(33(45)38-36-4)28-14-12-26(31(43)39(5)6)17-24(28)10-11-25-18-27(13-15-29(25)34)32(44)40(7)8/h12-15,17-18,22-23,36-37H,9-11,16,19,21H2,1-8H3,(H,38,45)/t22-,23?/m1/s1. The Bertz CT molecular complexity index is 1390. The molecule has 3 rings (SSSR count). The summed E-state index contributed by atoms with van der Waals surface area (Å²) in [6.07, 6.45) is 2.12. The van der Waals surface area contributed by atoms with Gasteiger partial charge < -0.3 is 20.0 Å². The molecule has 11 heteroatoms. The molecule has 1 aliphatic rings. The second-order valence-corrected chi connectivity index (χ2v) is 12.1. The molecular formula is C34H47N7O4. The van der Waals surface area contributed by atoms with Crippen LogP contribution in [0, 0.1) is 11.3 Å². The zero-order valence-corrected chi connectivity index (χ0v) is 27.8. The van der Waals surface area contributed by atoms with Gasteiger partial charge >= 0.3 is 0 Å². The summed E-state index contributed by atoms with van der Waals surface area (Å²) in [6, 6.07) is 12.2. The fourth-order valence-electron chi connectivity index (χ4n) is 6.15. The lowest BCUT2D eigenvalue weighted by atomic mass is 9.67. The van der Waals surface area contributed by atoms with Crippen molar-refractivity contribution in [3.05, 3.63) is 69.8 Å². The Morgan fingerprint density at radius 1 is 0.911 bits per heavy atom. The minimum Gasteiger partial charge on any atom is -0.345 e. The first-order valence-corrected chi connectivity index (χ1v) is 15.4. The molecule has 11 nitrogen and oxygen atoms in total. The molecule has 0 aliphatic heterocycles. The van der Waals surface area contributed by atoms with Crippen LogP contribution in [0.25, 0.3) is 0 Å². The minimum absolute atomic E-state index is 0.00315. The molecule has 2 atom stereocenters. The maximum Gasteiger partial charge on any atom is 0.253 e. The van der Waals surface area contributed by atoms with Crippen LogP contribution in [0.2, 0.25) is 0 Å². The Balaban J connectivity index is 2.18. The molecule has 2 aromatic carbocycles. The van der Waals surface area contributed by atoms with Crippen LogP contribution < -0.4 is 16.2 Å². The molecule has 3 N–H and O–H groups in total. The average molecular weight is 618 g/mol. The first-order chi connectivity index (χ1) is 21.3. The van der Waals surface area contributed by atoms with Crippen LogP contribution in [0.1, 0.15) is 76.6 Å². The molecule has 0 aromatic heterocycles. The van der Waals surface area contributed by atoms with E-state index in [0.717, 1.165) is 28.7 Å². The van der Waals surface area contributed by atoms with E-state index in [0.29, 0.717) is 30.5 Å². The van der Waals surface area contributed by atoms with Gasteiger partial charge in [-0.3, -0.25) is 24.6 Å². The van der Waals surface area contributed by atoms with Crippen molar-refractivity contribution >= 4 is 23.6 Å². The van der Waals surface area contributed by atoms with Gasteiger partial charge in [0.1, 0.15) is 11.5 Å². The van der Waals surface area contributed by atoms with Gasteiger partial charge in [-0.15, -0.1) is 0 Å². The van der Waals surface area contributed by atoms with Crippen molar-refractivity contribution in [3.63, 3.8) is 0 Å². The zero-order chi connectivity index (χ0) is 33.5. The van der Waals surface area contributed by atoms with Gasteiger partial charge in [0, 0.05) is 59.0 Å². The van der Waals surface area contributed by atoms with Crippen molar-refractivity contribution in [2.24, 2.45) is 0 Å². The van der Waals surface area contributed by atoms with Crippen molar-refractivity contribution in [2.75, 3.05) is 48.3 Å². The van der Waals surface area contributed by atoms with Crippen LogP contribution >= 0.6 is 0 Å². The van der Waals surface area contributed by atoms with Crippen LogP contribution in [0.5, 0.6) is 0 Å². The van der Waals surface area contributed by atoms with Crippen molar-refractivity contribution in [2.45, 2.75) is 64.0 Å². The molecule has 242 valence electrons. The van der Waals surface area contributed by atoms with E-state index in [1.165, 1.54) is 9.80 Å². The first-order valence-electron chi connectivity index (χ1n) is 15.4. The Morgan fingerprint density at radius 2 is 1.42 bits per heavy atom. The fraction of sp³-hybridized carbons (Fsp3) is 0.500. The summed E-state index contributed by atoms with van der Waals surface area (Å²) >= 11 is 0. The number of rotatable bonds is 12. The predicted molar refractivity (Wildman–Crippen MR) is 173 cm³/mol. The smallest absolute Gasteiger partial charge is 0.253 e. The zero-order valence-electron chi connectivity index (χ0n) is 27.8. The fourth-order valence-corrected chi connectivity index (χ4v) is 6.15. The molecule has 0 saturated heterocycles. The van der Waals surface area contributed by atoms with E-state index in [1.54, 1.807) is 59.2 Å². The lowest BCUT2D eigenvalue weighted by Crippen LogP contribution is -2.53. The van der Waals surface area contributed by atoms with Crippen molar-refractivity contribution < 1.29 is 19.2 Å². The molecule has 1 aliphatic carbocycles. The van der Waals surface area contributed by atoms with E-state index in [1.807, 2.05) is 38.1 Å². The van der Waals surface area contributed by atoms with Gasteiger partial charge in [0.15, 0.2) is 0 Å². The van der Waals surface area contributed by atoms with Crippen molar-refractivity contribution in [1.29, 1.82) is 5.26 Å². The van der Waals surface area contributed by atoms with E-state index in [-0.39, 0.29) is 42.6 Å². The Morgan fingerprint density at radius 3 is 1.84 bits per heavy atom. The highest BCUT2D eigenvalue weighted by atomic mass is 16.2. The average Bonchev–Trinajstić information content (AvgIpc) is 3.15. The number of aryl methyl sites for hydroxylation is 2. The van der Waals surface area contributed by atoms with Crippen LogP contribution in [-0.4, -0.2) is 98.7 Å². The number of hydrogen-bond donors (Lipinski definition) is 3. The molecule has 0 radical (unpaired) electrons. The second-order valence-electron chi connectivity index (χ2n) is 12.1. The summed E-state index contributed by atoms with van der Waals surface area (Å²) in [7, 11) is 8.43. The third-order valence-corrected chi connectivity index (χ3v) is 8.38. The molecule has 0 saturated carbocycles. The van der Waals surface area contributed by atoms with Gasteiger partial charge in [-0.05, 0) is 86.1 Å². The van der Waals surface area contributed by atoms with Crippen LogP contribution in [0.4, 0.5) is 0 Å². The highest BCUT2D eigenvalue weighted by Gasteiger charge is 2.47. The predicted octanol–water partition coefficient (Wildman–Crippen LogP) is 2.24. The lowest BCUT2D eigenvalue weighted by Gasteiger charge is -2.37. The summed E-state index contributed by atoms with van der Waals surface area (Å²) in [5, 5.41) is 12.8. The molecule has 0 bridgehead atoms. The Labute approximate surface area is 266 Å². The van der Waals surface area contributed by atoms with Gasteiger partial charge in [0.05, 0.1) is 12.6 Å². The number of nitrogens with one attached hydrogen (secondary N) is 3. The van der Waals surface area contributed by atoms with E-state index in [9.17, 15) is 24.4 Å². The second kappa shape index (κ2) is 15.1. The third-order valence-electron chi connectivity index (χ3n) is 8.38. The molecule has 45 heavy (non-hydrogen) atoms. The number of benzene rings is 2. The summed E-state index contributed by atoms with van der Waals surface area (Å²) in [6.45, 7) is 6.07. The van der Waals surface area contributed by atoms with E-state index in [2.05, 4.69) is 22.2 Å². The van der Waals surface area contributed by atoms with E-state index >= 15 is 0 Å². The maximum absolute atomic E-state index is 14.4. The van der Waals surface area contributed by atoms with Gasteiger partial charge in [0.25, 0.3) is 11.8 Å². The minimum atomic E-state index is -1.23. The SMILES string of the molecule is CCCN(C(=O)CN[C@H](C)CC1(C(=O)NNC)c2ccc(C(=O)N(C)C)cc2CCc2cc(C(=O)N(C)C)ccc21)C(C)C#N. The van der Waals surface area contributed by atoms with Crippen molar-refractivity contribution in [3.8, 4) is 6.07 Å². The first kappa shape index (κ1) is 35.2. The summed E-state index contributed by atoms with van der Waals surface area (Å²) < 4.78 is 0. The molecule has 0 spiro atoms. The van der Waals surface area contributed by atoms with Gasteiger partial charge in [-0.2, -0.15) is 5.26 Å². The number of amides is 4. The summed E-state index contributed by atoms with van der Waals surface area (Å²) in [5.41, 5.74) is 8.70. The van der Waals surface area contributed by atoms with Gasteiger partial charge in [-0.25, -0.2) is 5.43 Å². The number of carbonyl (C=O) groups excluding carboxylic acids is 4. The van der Waals surface area contributed by atoms with Crippen LogP contribution in [0.15, 0.2) is 36.4 Å². The number of nitriles is 1. The molecule has 2 aromatic rings. The quantitative estimate of drug-likeness (QED) is 0.311. The monoisotopic (exact) mass is 617 g/mol. The number of carbonyl (C=O) groups is 4. The normalized spacial score (nSPS) is 14.5. The van der Waals surface area contributed by atoms with Crippen LogP contribution in [-0.2, 0) is 27.8 Å². The van der Waals surface area contributed by atoms with Gasteiger partial charge in [0.2, 0.25) is 11.8 Å². The molecule has 0 fully saturated rings. The maximum atomic E-state index is 14.4. The number of hydrogen-bond acceptors (Lipinski definition) is 7. The largest absolute Gasteiger partial charge is 0.345 e. The molecule has 0 heterocycles. The number of nitrogens with zero attached hydrogens (tertiary/aromatic N) is 4. The topological polar surface area (TPSA) is 138 Å². The van der Waals surface area contributed by atoms with Crippen LogP contribution in [0.3, 0.4) is 0 Å². The third kappa shape index (κ3) is 7.52. The highest BCUT2D eigenvalue weighted by molar-refractivity contribution is 5.97. The lowest BCUT2D eigenvalue weighted by molar-refractivity contribution is -0.131.